The second-order valence-electron chi connectivity index (χ2n) is 3.27. The van der Waals surface area contributed by atoms with E-state index in [4.69, 9.17) is 25.8 Å². The molecule has 0 aliphatic rings. The van der Waals surface area contributed by atoms with E-state index in [2.05, 4.69) is 5.32 Å². The molecule has 18 heavy (non-hydrogen) atoms. The number of benzene rings is 1. The first-order valence-corrected chi connectivity index (χ1v) is 5.48. The number of amides is 1. The van der Waals surface area contributed by atoms with Crippen molar-refractivity contribution in [1.29, 1.82) is 0 Å². The number of rotatable bonds is 4. The molecule has 7 heteroatoms. The summed E-state index contributed by atoms with van der Waals surface area (Å²) >= 11 is 5.51. The summed E-state index contributed by atoms with van der Waals surface area (Å²) in [6.45, 7) is 1.50. The number of alkyl halides is 1. The first-order valence-electron chi connectivity index (χ1n) is 5.05. The maximum atomic E-state index is 11.4. The smallest absolute Gasteiger partial charge is 0.413 e. The summed E-state index contributed by atoms with van der Waals surface area (Å²) in [6, 6.07) is 3.00. The van der Waals surface area contributed by atoms with Gasteiger partial charge in [0, 0.05) is 0 Å². The van der Waals surface area contributed by atoms with Crippen LogP contribution in [0.3, 0.4) is 0 Å². The van der Waals surface area contributed by atoms with E-state index in [0.29, 0.717) is 0 Å². The molecule has 0 heterocycles. The number of halogens is 1. The minimum Gasteiger partial charge on any atom is -0.502 e. The molecular weight excluding hydrogens is 262 g/mol. The predicted octanol–water partition coefficient (Wildman–Crippen LogP) is 2.54. The minimum absolute atomic E-state index is 0.0773. The molecule has 0 aliphatic heterocycles. The Bertz CT molecular complexity index is 436. The summed E-state index contributed by atoms with van der Waals surface area (Å²) in [7, 11) is 2.76. The van der Waals surface area contributed by atoms with Crippen molar-refractivity contribution in [2.24, 2.45) is 0 Å². The average molecular weight is 276 g/mol. The van der Waals surface area contributed by atoms with E-state index in [0.717, 1.165) is 0 Å². The van der Waals surface area contributed by atoms with Gasteiger partial charge in [0.05, 0.1) is 19.9 Å². The van der Waals surface area contributed by atoms with Crippen LogP contribution in [-0.4, -0.2) is 31.0 Å². The highest BCUT2D eigenvalue weighted by molar-refractivity contribution is 6.20. The van der Waals surface area contributed by atoms with Gasteiger partial charge in [-0.05, 0) is 19.1 Å². The van der Waals surface area contributed by atoms with Crippen LogP contribution < -0.4 is 14.8 Å². The molecule has 1 aromatic carbocycles. The Labute approximate surface area is 109 Å². The minimum atomic E-state index is -0.761. The number of phenolic OH excluding ortho intramolecular Hbond substituents is 1. The fraction of sp³-hybridized carbons (Fsp3) is 0.364. The Morgan fingerprint density at radius 3 is 2.56 bits per heavy atom. The Hall–Kier alpha value is -1.82. The third kappa shape index (κ3) is 3.33. The summed E-state index contributed by atoms with van der Waals surface area (Å²) in [5.74, 6) is 0.0988. The molecule has 0 saturated heterocycles. The summed E-state index contributed by atoms with van der Waals surface area (Å²) in [5, 5.41) is 12.2. The van der Waals surface area contributed by atoms with Gasteiger partial charge in [0.2, 0.25) is 5.75 Å². The molecule has 0 radical (unpaired) electrons. The van der Waals surface area contributed by atoms with E-state index >= 15 is 0 Å². The molecule has 0 spiro atoms. The van der Waals surface area contributed by atoms with Crippen molar-refractivity contribution in [3.05, 3.63) is 12.1 Å². The number of hydrogen-bond donors (Lipinski definition) is 2. The van der Waals surface area contributed by atoms with Crippen molar-refractivity contribution < 1.29 is 24.1 Å². The molecule has 6 nitrogen and oxygen atoms in total. The summed E-state index contributed by atoms with van der Waals surface area (Å²) in [5.41, 5.74) is -0.513. The Morgan fingerprint density at radius 2 is 2.06 bits per heavy atom. The first kappa shape index (κ1) is 14.2. The van der Waals surface area contributed by atoms with E-state index in [1.807, 2.05) is 0 Å². The largest absolute Gasteiger partial charge is 0.502 e. The highest BCUT2D eigenvalue weighted by Crippen LogP contribution is 2.41. The fourth-order valence-electron chi connectivity index (χ4n) is 1.31. The third-order valence-corrected chi connectivity index (χ3v) is 2.11. The molecule has 2 N–H and O–H groups in total. The fourth-order valence-corrected chi connectivity index (χ4v) is 1.39. The first-order chi connectivity index (χ1) is 8.49. The van der Waals surface area contributed by atoms with Crippen molar-refractivity contribution in [3.8, 4) is 17.2 Å². The monoisotopic (exact) mass is 275 g/mol. The van der Waals surface area contributed by atoms with Crippen molar-refractivity contribution in [3.63, 3.8) is 0 Å². The van der Waals surface area contributed by atoms with Gasteiger partial charge in [0.1, 0.15) is 0 Å². The van der Waals surface area contributed by atoms with E-state index in [9.17, 15) is 9.90 Å². The lowest BCUT2D eigenvalue weighted by atomic mass is 10.2. The van der Waals surface area contributed by atoms with Gasteiger partial charge in [-0.1, -0.05) is 11.6 Å². The summed E-state index contributed by atoms with van der Waals surface area (Å²) in [4.78, 5) is 11.4. The lowest BCUT2D eigenvalue weighted by molar-refractivity contribution is 0.154. The predicted molar refractivity (Wildman–Crippen MR) is 66.6 cm³/mol. The molecule has 0 bridgehead atoms. The molecule has 1 amide bonds. The van der Waals surface area contributed by atoms with Gasteiger partial charge in [-0.25, -0.2) is 4.79 Å². The third-order valence-electron chi connectivity index (χ3n) is 2.02. The molecule has 100 valence electrons. The number of phenols is 1. The summed E-state index contributed by atoms with van der Waals surface area (Å²) in [6.07, 6.45) is -0.750. The number of carbonyl (C=O) groups excluding carboxylic acids is 1. The molecule has 0 aliphatic carbocycles. The van der Waals surface area contributed by atoms with Gasteiger partial charge in [0.25, 0.3) is 0 Å². The molecule has 1 unspecified atom stereocenters. The van der Waals surface area contributed by atoms with Gasteiger partial charge >= 0.3 is 6.09 Å². The van der Waals surface area contributed by atoms with Gasteiger partial charge in [-0.3, -0.25) is 5.32 Å². The standard InChI is InChI=1S/C11H14ClNO5/c1-6(12)18-11(15)13-7-4-5-8(16-2)9(14)10(7)17-3/h4-6,14H,1-3H3,(H,13,15). The molecule has 1 atom stereocenters. The Kier molecular flexibility index (Phi) is 4.91. The van der Waals surface area contributed by atoms with E-state index in [1.54, 1.807) is 0 Å². The number of aromatic hydroxyl groups is 1. The van der Waals surface area contributed by atoms with Crippen LogP contribution in [0, 0.1) is 0 Å². The van der Waals surface area contributed by atoms with Crippen molar-refractivity contribution in [2.45, 2.75) is 12.5 Å². The quantitative estimate of drug-likeness (QED) is 0.826. The van der Waals surface area contributed by atoms with Crippen LogP contribution in [0.2, 0.25) is 0 Å². The number of ether oxygens (including phenoxy) is 3. The molecule has 1 aromatic rings. The number of anilines is 1. The Balaban J connectivity index is 2.96. The van der Waals surface area contributed by atoms with Crippen molar-refractivity contribution in [1.82, 2.24) is 0 Å². The molecule has 0 fully saturated rings. The zero-order valence-electron chi connectivity index (χ0n) is 10.2. The van der Waals surface area contributed by atoms with E-state index in [1.165, 1.54) is 33.3 Å². The number of carbonyl (C=O) groups is 1. The van der Waals surface area contributed by atoms with Crippen LogP contribution in [0.1, 0.15) is 6.92 Å². The van der Waals surface area contributed by atoms with Gasteiger partial charge < -0.3 is 19.3 Å². The SMILES string of the molecule is COc1ccc(NC(=O)OC(C)Cl)c(OC)c1O. The number of methoxy groups -OCH3 is 2. The molecule has 0 saturated carbocycles. The van der Waals surface area contributed by atoms with Crippen molar-refractivity contribution in [2.75, 3.05) is 19.5 Å². The van der Waals surface area contributed by atoms with Crippen LogP contribution in [0.25, 0.3) is 0 Å². The van der Waals surface area contributed by atoms with E-state index in [-0.39, 0.29) is 22.9 Å². The van der Waals surface area contributed by atoms with Crippen LogP contribution in [0.4, 0.5) is 10.5 Å². The van der Waals surface area contributed by atoms with Crippen molar-refractivity contribution >= 4 is 23.4 Å². The highest BCUT2D eigenvalue weighted by atomic mass is 35.5. The number of nitrogens with one attached hydrogen (secondary N) is 1. The second kappa shape index (κ2) is 6.20. The van der Waals surface area contributed by atoms with Gasteiger partial charge in [-0.2, -0.15) is 0 Å². The van der Waals surface area contributed by atoms with Crippen LogP contribution in [0.15, 0.2) is 12.1 Å². The average Bonchev–Trinajstić information content (AvgIpc) is 2.28. The van der Waals surface area contributed by atoms with Gasteiger partial charge in [0.15, 0.2) is 17.1 Å². The van der Waals surface area contributed by atoms with Crippen LogP contribution >= 0.6 is 11.6 Å². The maximum Gasteiger partial charge on any atom is 0.413 e. The Morgan fingerprint density at radius 1 is 1.39 bits per heavy atom. The lowest BCUT2D eigenvalue weighted by Gasteiger charge is -2.14. The van der Waals surface area contributed by atoms with Crippen LogP contribution in [-0.2, 0) is 4.74 Å². The normalized spacial score (nSPS) is 11.6. The summed E-state index contributed by atoms with van der Waals surface area (Å²) < 4.78 is 14.6. The topological polar surface area (TPSA) is 77.0 Å². The molecule has 0 aromatic heterocycles. The molecular formula is C11H14ClNO5. The lowest BCUT2D eigenvalue weighted by Crippen LogP contribution is -2.17. The van der Waals surface area contributed by atoms with E-state index < -0.39 is 11.7 Å². The molecule has 1 rings (SSSR count). The second-order valence-corrected chi connectivity index (χ2v) is 3.89. The zero-order valence-corrected chi connectivity index (χ0v) is 10.9. The van der Waals surface area contributed by atoms with Crippen LogP contribution in [0.5, 0.6) is 17.2 Å². The van der Waals surface area contributed by atoms with Gasteiger partial charge in [-0.15, -0.1) is 0 Å². The zero-order chi connectivity index (χ0) is 13.7. The maximum absolute atomic E-state index is 11.4. The highest BCUT2D eigenvalue weighted by Gasteiger charge is 2.16. The number of hydrogen-bond acceptors (Lipinski definition) is 5.